The fraction of sp³-hybridized carbons (Fsp3) is 0.143. The molecule has 0 unspecified atom stereocenters. The van der Waals surface area contributed by atoms with Gasteiger partial charge >= 0.3 is 0 Å². The van der Waals surface area contributed by atoms with Crippen molar-refractivity contribution in [3.05, 3.63) is 70.2 Å². The molecular weight excluding hydrogens is 348 g/mol. The van der Waals surface area contributed by atoms with Crippen LogP contribution in [0.25, 0.3) is 33.1 Å². The average Bonchev–Trinajstić information content (AvgIpc) is 3.00. The molecule has 0 fully saturated rings. The van der Waals surface area contributed by atoms with E-state index < -0.39 is 0 Å². The first-order chi connectivity index (χ1) is 11.1. The monoisotopic (exact) mass is 362 g/mol. The molecule has 1 heterocycles. The minimum atomic E-state index is 0.00100. The molecule has 1 nitrogen and oxygen atoms in total. The summed E-state index contributed by atoms with van der Waals surface area (Å²) in [5, 5.41) is 2.40. The predicted octanol–water partition coefficient (Wildman–Crippen LogP) is 6.65. The number of furan rings is 1. The maximum Gasteiger partial charge on any atom is 0.136 e. The lowest BCUT2D eigenvalue weighted by atomic mass is 9.82. The molecule has 0 saturated heterocycles. The Morgan fingerprint density at radius 2 is 1.57 bits per heavy atom. The van der Waals surface area contributed by atoms with E-state index in [9.17, 15) is 0 Å². The van der Waals surface area contributed by atoms with E-state index in [-0.39, 0.29) is 5.41 Å². The maximum atomic E-state index is 6.08. The number of benzene rings is 3. The summed E-state index contributed by atoms with van der Waals surface area (Å²) in [6, 6.07) is 19.4. The first-order valence-corrected chi connectivity index (χ1v) is 8.61. The second-order valence-corrected chi connectivity index (χ2v) is 7.72. The van der Waals surface area contributed by atoms with Gasteiger partial charge in [-0.25, -0.2) is 0 Å². The molecule has 4 aromatic rings. The zero-order chi connectivity index (χ0) is 15.8. The molecule has 0 atom stereocenters. The highest BCUT2D eigenvalue weighted by atomic mass is 79.9. The van der Waals surface area contributed by atoms with Gasteiger partial charge in [-0.15, -0.1) is 0 Å². The number of halogens is 1. The molecule has 0 N–H and O–H groups in total. The summed E-state index contributed by atoms with van der Waals surface area (Å²) < 4.78 is 7.21. The summed E-state index contributed by atoms with van der Waals surface area (Å²) in [6.45, 7) is 4.61. The Balaban J connectivity index is 1.92. The van der Waals surface area contributed by atoms with Gasteiger partial charge < -0.3 is 4.42 Å². The van der Waals surface area contributed by atoms with Crippen LogP contribution in [0.2, 0.25) is 0 Å². The SMILES string of the molecule is CC1(C)c2cc(Br)ccc2-c2cc3oc4ccccc4c3cc21. The van der Waals surface area contributed by atoms with Crippen molar-refractivity contribution in [1.82, 2.24) is 0 Å². The molecule has 2 heteroatoms. The summed E-state index contributed by atoms with van der Waals surface area (Å²) in [5.74, 6) is 0. The fourth-order valence-corrected chi connectivity index (χ4v) is 4.29. The lowest BCUT2D eigenvalue weighted by Crippen LogP contribution is -2.14. The molecule has 0 saturated carbocycles. The van der Waals surface area contributed by atoms with Crippen molar-refractivity contribution in [2.45, 2.75) is 19.3 Å². The topological polar surface area (TPSA) is 13.1 Å². The third kappa shape index (κ3) is 1.67. The molecule has 112 valence electrons. The average molecular weight is 363 g/mol. The third-order valence-corrected chi connectivity index (χ3v) is 5.63. The van der Waals surface area contributed by atoms with E-state index in [1.165, 1.54) is 33.0 Å². The predicted molar refractivity (Wildman–Crippen MR) is 99.0 cm³/mol. The zero-order valence-electron chi connectivity index (χ0n) is 13.0. The molecule has 23 heavy (non-hydrogen) atoms. The Kier molecular flexibility index (Phi) is 2.48. The quantitative estimate of drug-likeness (QED) is 0.341. The van der Waals surface area contributed by atoms with E-state index in [0.29, 0.717) is 0 Å². The Morgan fingerprint density at radius 3 is 2.43 bits per heavy atom. The van der Waals surface area contributed by atoms with Gasteiger partial charge in [-0.2, -0.15) is 0 Å². The molecule has 3 aromatic carbocycles. The number of rotatable bonds is 0. The summed E-state index contributed by atoms with van der Waals surface area (Å²) >= 11 is 3.61. The number of hydrogen-bond acceptors (Lipinski definition) is 1. The second-order valence-electron chi connectivity index (χ2n) is 6.81. The van der Waals surface area contributed by atoms with E-state index in [2.05, 4.69) is 72.2 Å². The largest absolute Gasteiger partial charge is 0.456 e. The van der Waals surface area contributed by atoms with Gasteiger partial charge in [0.05, 0.1) is 0 Å². The first kappa shape index (κ1) is 13.4. The van der Waals surface area contributed by atoms with Gasteiger partial charge in [-0.1, -0.05) is 54.0 Å². The summed E-state index contributed by atoms with van der Waals surface area (Å²) in [5.41, 5.74) is 7.29. The number of para-hydroxylation sites is 1. The third-order valence-electron chi connectivity index (χ3n) is 5.14. The molecule has 0 aliphatic heterocycles. The molecule has 0 amide bonds. The van der Waals surface area contributed by atoms with Gasteiger partial charge in [0.2, 0.25) is 0 Å². The van der Waals surface area contributed by atoms with Gasteiger partial charge in [0.1, 0.15) is 11.2 Å². The van der Waals surface area contributed by atoms with Crippen molar-refractivity contribution in [2.24, 2.45) is 0 Å². The van der Waals surface area contributed by atoms with Crippen LogP contribution in [0.1, 0.15) is 25.0 Å². The highest BCUT2D eigenvalue weighted by Crippen LogP contribution is 2.51. The molecule has 0 bridgehead atoms. The summed E-state index contributed by atoms with van der Waals surface area (Å²) in [6.07, 6.45) is 0. The van der Waals surface area contributed by atoms with Crippen LogP contribution in [-0.4, -0.2) is 0 Å². The van der Waals surface area contributed by atoms with Gasteiger partial charge in [0.25, 0.3) is 0 Å². The van der Waals surface area contributed by atoms with E-state index >= 15 is 0 Å². The van der Waals surface area contributed by atoms with Crippen molar-refractivity contribution >= 4 is 37.9 Å². The lowest BCUT2D eigenvalue weighted by molar-refractivity contribution is 0.657. The lowest BCUT2D eigenvalue weighted by Gasteiger charge is -2.21. The molecular formula is C21H15BrO. The summed E-state index contributed by atoms with van der Waals surface area (Å²) in [7, 11) is 0. The Hall–Kier alpha value is -2.06. The zero-order valence-corrected chi connectivity index (χ0v) is 14.6. The minimum absolute atomic E-state index is 0.00100. The van der Waals surface area contributed by atoms with Crippen molar-refractivity contribution in [1.29, 1.82) is 0 Å². The van der Waals surface area contributed by atoms with E-state index in [4.69, 9.17) is 4.42 Å². The van der Waals surface area contributed by atoms with Gasteiger partial charge in [0, 0.05) is 20.7 Å². The van der Waals surface area contributed by atoms with Crippen molar-refractivity contribution in [3.63, 3.8) is 0 Å². The van der Waals surface area contributed by atoms with Crippen LogP contribution in [0.4, 0.5) is 0 Å². The van der Waals surface area contributed by atoms with Gasteiger partial charge in [-0.05, 0) is 52.6 Å². The first-order valence-electron chi connectivity index (χ1n) is 7.82. The van der Waals surface area contributed by atoms with Crippen LogP contribution >= 0.6 is 15.9 Å². The molecule has 1 aliphatic rings. The van der Waals surface area contributed by atoms with Gasteiger partial charge in [0.15, 0.2) is 0 Å². The normalized spacial score (nSPS) is 15.1. The molecule has 0 radical (unpaired) electrons. The maximum absolute atomic E-state index is 6.08. The van der Waals surface area contributed by atoms with Crippen LogP contribution in [0.3, 0.4) is 0 Å². The number of hydrogen-bond donors (Lipinski definition) is 0. The minimum Gasteiger partial charge on any atom is -0.456 e. The second kappa shape index (κ2) is 4.27. The summed E-state index contributed by atoms with van der Waals surface area (Å²) in [4.78, 5) is 0. The van der Waals surface area contributed by atoms with E-state index in [0.717, 1.165) is 15.6 Å². The smallest absolute Gasteiger partial charge is 0.136 e. The fourth-order valence-electron chi connectivity index (χ4n) is 3.92. The van der Waals surface area contributed by atoms with Crippen molar-refractivity contribution < 1.29 is 4.42 Å². The Bertz CT molecular complexity index is 1100. The molecule has 1 aromatic heterocycles. The van der Waals surface area contributed by atoms with Crippen LogP contribution in [0.15, 0.2) is 63.5 Å². The standard InChI is InChI=1S/C21H15BrO/c1-21(2)17-9-12(22)7-8-13(17)15-11-20-16(10-18(15)21)14-5-3-4-6-19(14)23-20/h3-11H,1-2H3. The van der Waals surface area contributed by atoms with Crippen LogP contribution in [0.5, 0.6) is 0 Å². The van der Waals surface area contributed by atoms with Crippen molar-refractivity contribution in [3.8, 4) is 11.1 Å². The molecule has 5 rings (SSSR count). The molecule has 0 spiro atoms. The van der Waals surface area contributed by atoms with E-state index in [1.807, 2.05) is 12.1 Å². The highest BCUT2D eigenvalue weighted by Gasteiger charge is 2.36. The Labute approximate surface area is 143 Å². The van der Waals surface area contributed by atoms with Crippen LogP contribution in [-0.2, 0) is 5.41 Å². The molecule has 1 aliphatic carbocycles. The Morgan fingerprint density at radius 1 is 0.783 bits per heavy atom. The van der Waals surface area contributed by atoms with Crippen LogP contribution < -0.4 is 0 Å². The van der Waals surface area contributed by atoms with Crippen molar-refractivity contribution in [2.75, 3.05) is 0 Å². The number of fused-ring (bicyclic) bond motifs is 6. The highest BCUT2D eigenvalue weighted by molar-refractivity contribution is 9.10. The van der Waals surface area contributed by atoms with E-state index in [1.54, 1.807) is 0 Å². The van der Waals surface area contributed by atoms with Crippen LogP contribution in [0, 0.1) is 0 Å². The van der Waals surface area contributed by atoms with Gasteiger partial charge in [-0.3, -0.25) is 0 Å².